The maximum absolute atomic E-state index is 12.6. The number of esters is 1. The average Bonchev–Trinajstić information content (AvgIpc) is 3.46. The Kier molecular flexibility index (Phi) is 68.9. The third kappa shape index (κ3) is 65.7. The van der Waals surface area contributed by atoms with Crippen LogP contribution in [0.2, 0.25) is 0 Å². The van der Waals surface area contributed by atoms with Crippen LogP contribution in [0.25, 0.3) is 0 Å². The third-order valence-corrected chi connectivity index (χ3v) is 17.6. The summed E-state index contributed by atoms with van der Waals surface area (Å²) >= 11 is 0. The summed E-state index contributed by atoms with van der Waals surface area (Å²) < 4.78 is 5.51. The number of hydrogen-bond acceptors (Lipinski definition) is 5. The van der Waals surface area contributed by atoms with Crippen LogP contribution in [0.5, 0.6) is 0 Å². The van der Waals surface area contributed by atoms with Gasteiger partial charge in [0.05, 0.1) is 25.4 Å². The summed E-state index contributed by atoms with van der Waals surface area (Å²) in [5, 5.41) is 23.4. The molecule has 0 bridgehead atoms. The monoisotopic (exact) mass is 1130 g/mol. The molecule has 0 aliphatic rings. The Labute approximate surface area is 501 Å². The molecule has 0 aromatic carbocycles. The van der Waals surface area contributed by atoms with Gasteiger partial charge in [0.1, 0.15) is 0 Å². The molecule has 0 rings (SSSR count). The van der Waals surface area contributed by atoms with Crippen LogP contribution in [0.15, 0.2) is 12.2 Å². The largest absolute Gasteiger partial charge is 0.466 e. The van der Waals surface area contributed by atoms with Crippen LogP contribution in [-0.2, 0) is 14.3 Å². The standard InChI is InChI=1S/C74H145NO5/c1-3-5-7-9-11-13-15-17-19-21-23-24-28-31-34-38-42-46-50-54-58-62-66-72(77)71(70-76)75-73(78)67-63-59-55-51-47-43-39-35-32-29-26-25-27-30-33-37-41-45-49-53-57-61-65-69-80-74(79)68-64-60-56-52-48-44-40-36-22-20-18-16-14-12-10-8-6-4-2/h29,32,71-72,76-77H,3-28,30-31,33-70H2,1-2H3,(H,75,78)/b32-29-. The summed E-state index contributed by atoms with van der Waals surface area (Å²) in [6, 6.07) is -0.547. The van der Waals surface area contributed by atoms with Gasteiger partial charge >= 0.3 is 5.97 Å². The van der Waals surface area contributed by atoms with Crippen molar-refractivity contribution in [2.24, 2.45) is 0 Å². The van der Waals surface area contributed by atoms with Gasteiger partial charge in [0.15, 0.2) is 0 Å². The van der Waals surface area contributed by atoms with Gasteiger partial charge in [-0.25, -0.2) is 0 Å². The van der Waals surface area contributed by atoms with Crippen molar-refractivity contribution in [2.75, 3.05) is 13.2 Å². The summed E-state index contributed by atoms with van der Waals surface area (Å²) in [6.45, 7) is 5.00. The van der Waals surface area contributed by atoms with Gasteiger partial charge in [-0.1, -0.05) is 373 Å². The molecule has 6 nitrogen and oxygen atoms in total. The Morgan fingerprint density at radius 2 is 0.588 bits per heavy atom. The second-order valence-corrected chi connectivity index (χ2v) is 25.6. The lowest BCUT2D eigenvalue weighted by atomic mass is 10.0. The number of unbranched alkanes of at least 4 members (excludes halogenated alkanes) is 57. The second kappa shape index (κ2) is 70.1. The smallest absolute Gasteiger partial charge is 0.305 e. The summed E-state index contributed by atoms with van der Waals surface area (Å²) in [5.74, 6) is -0.0187. The molecular formula is C74H145NO5. The fraction of sp³-hybridized carbons (Fsp3) is 0.946. The Bertz CT molecular complexity index is 1210. The highest BCUT2D eigenvalue weighted by Crippen LogP contribution is 2.20. The number of aliphatic hydroxyl groups is 2. The van der Waals surface area contributed by atoms with E-state index in [1.807, 2.05) is 0 Å². The van der Waals surface area contributed by atoms with Gasteiger partial charge in [0.2, 0.25) is 5.91 Å². The predicted molar refractivity (Wildman–Crippen MR) is 352 cm³/mol. The molecule has 0 aromatic rings. The zero-order chi connectivity index (χ0) is 57.8. The van der Waals surface area contributed by atoms with Gasteiger partial charge < -0.3 is 20.3 Å². The van der Waals surface area contributed by atoms with Crippen molar-refractivity contribution in [3.05, 3.63) is 12.2 Å². The number of nitrogens with one attached hydrogen (secondary N) is 1. The van der Waals surface area contributed by atoms with E-state index in [4.69, 9.17) is 4.74 Å². The van der Waals surface area contributed by atoms with Gasteiger partial charge in [-0.3, -0.25) is 9.59 Å². The molecule has 3 N–H and O–H groups in total. The molecule has 0 aliphatic carbocycles. The molecule has 6 heteroatoms. The van der Waals surface area contributed by atoms with Crippen molar-refractivity contribution < 1.29 is 24.5 Å². The molecular weight excluding hydrogens is 983 g/mol. The molecule has 0 radical (unpaired) electrons. The Morgan fingerprint density at radius 1 is 0.338 bits per heavy atom. The average molecular weight is 1130 g/mol. The molecule has 80 heavy (non-hydrogen) atoms. The lowest BCUT2D eigenvalue weighted by Crippen LogP contribution is -2.45. The molecule has 0 saturated carbocycles. The van der Waals surface area contributed by atoms with E-state index in [0.29, 0.717) is 25.9 Å². The first kappa shape index (κ1) is 78.6. The SMILES string of the molecule is CCCCCCCCCCCCCCCCCCCCCCCCC(O)C(CO)NC(=O)CCCCCCCCC/C=C\CCCCCCCCCCCCCCOC(=O)CCCCCCCCCCCCCCCCCCCC. The number of aliphatic hydroxyl groups excluding tert-OH is 2. The van der Waals surface area contributed by atoms with E-state index < -0.39 is 12.1 Å². The lowest BCUT2D eigenvalue weighted by Gasteiger charge is -2.22. The highest BCUT2D eigenvalue weighted by atomic mass is 16.5. The Morgan fingerprint density at radius 3 is 0.887 bits per heavy atom. The van der Waals surface area contributed by atoms with Crippen LogP contribution >= 0.6 is 0 Å². The molecule has 2 atom stereocenters. The number of rotatable bonds is 70. The quantitative estimate of drug-likeness (QED) is 0.0320. The fourth-order valence-corrected chi connectivity index (χ4v) is 11.9. The predicted octanol–water partition coefficient (Wildman–Crippen LogP) is 23.9. The summed E-state index contributed by atoms with van der Waals surface area (Å²) in [7, 11) is 0. The number of allylic oxidation sites excluding steroid dienone is 2. The van der Waals surface area contributed by atoms with E-state index in [1.54, 1.807) is 0 Å². The van der Waals surface area contributed by atoms with Crippen molar-refractivity contribution in [3.63, 3.8) is 0 Å². The molecule has 0 heterocycles. The van der Waals surface area contributed by atoms with Crippen molar-refractivity contribution in [2.45, 2.75) is 437 Å². The Balaban J connectivity index is 3.38. The topological polar surface area (TPSA) is 95.9 Å². The van der Waals surface area contributed by atoms with Crippen LogP contribution in [0.3, 0.4) is 0 Å². The second-order valence-electron chi connectivity index (χ2n) is 25.6. The van der Waals surface area contributed by atoms with Crippen molar-refractivity contribution >= 4 is 11.9 Å². The van der Waals surface area contributed by atoms with Crippen LogP contribution in [0.1, 0.15) is 425 Å². The molecule has 0 aliphatic heterocycles. The minimum Gasteiger partial charge on any atom is -0.466 e. The molecule has 0 fully saturated rings. The summed E-state index contributed by atoms with van der Waals surface area (Å²) in [6.07, 6.45) is 87.0. The van der Waals surface area contributed by atoms with Gasteiger partial charge in [0, 0.05) is 12.8 Å². The van der Waals surface area contributed by atoms with Gasteiger partial charge in [-0.15, -0.1) is 0 Å². The normalized spacial score (nSPS) is 12.5. The van der Waals surface area contributed by atoms with Crippen LogP contribution in [0, 0.1) is 0 Å². The van der Waals surface area contributed by atoms with Crippen LogP contribution < -0.4 is 5.32 Å². The van der Waals surface area contributed by atoms with Crippen LogP contribution in [0.4, 0.5) is 0 Å². The minimum atomic E-state index is -0.669. The van der Waals surface area contributed by atoms with E-state index in [9.17, 15) is 19.8 Å². The van der Waals surface area contributed by atoms with Gasteiger partial charge in [-0.05, 0) is 51.4 Å². The molecule has 476 valence electrons. The van der Waals surface area contributed by atoms with Gasteiger partial charge in [0.25, 0.3) is 0 Å². The summed E-state index contributed by atoms with van der Waals surface area (Å²) in [4.78, 5) is 24.7. The molecule has 2 unspecified atom stereocenters. The van der Waals surface area contributed by atoms with E-state index in [0.717, 1.165) is 38.5 Å². The highest BCUT2D eigenvalue weighted by molar-refractivity contribution is 5.76. The van der Waals surface area contributed by atoms with Crippen molar-refractivity contribution in [3.8, 4) is 0 Å². The highest BCUT2D eigenvalue weighted by Gasteiger charge is 2.20. The molecule has 0 spiro atoms. The fourth-order valence-electron chi connectivity index (χ4n) is 11.9. The molecule has 0 aromatic heterocycles. The number of amides is 1. The van der Waals surface area contributed by atoms with E-state index in [2.05, 4.69) is 31.3 Å². The first-order valence-electron chi connectivity index (χ1n) is 36.9. The molecule has 1 amide bonds. The van der Waals surface area contributed by atoms with Gasteiger partial charge in [-0.2, -0.15) is 0 Å². The maximum Gasteiger partial charge on any atom is 0.305 e. The number of ether oxygens (including phenoxy) is 1. The lowest BCUT2D eigenvalue weighted by molar-refractivity contribution is -0.143. The first-order chi connectivity index (χ1) is 39.5. The van der Waals surface area contributed by atoms with Crippen LogP contribution in [-0.4, -0.2) is 47.4 Å². The first-order valence-corrected chi connectivity index (χ1v) is 36.9. The van der Waals surface area contributed by atoms with E-state index >= 15 is 0 Å². The number of carbonyl (C=O) groups excluding carboxylic acids is 2. The maximum atomic E-state index is 12.6. The van der Waals surface area contributed by atoms with E-state index in [1.165, 1.54) is 353 Å². The summed E-state index contributed by atoms with van der Waals surface area (Å²) in [5.41, 5.74) is 0. The zero-order valence-electron chi connectivity index (χ0n) is 54.6. The number of hydrogen-bond donors (Lipinski definition) is 3. The minimum absolute atomic E-state index is 0.0173. The third-order valence-electron chi connectivity index (χ3n) is 17.6. The Hall–Kier alpha value is -1.40. The number of carbonyl (C=O) groups is 2. The zero-order valence-corrected chi connectivity index (χ0v) is 54.6. The molecule has 0 saturated heterocycles. The van der Waals surface area contributed by atoms with Crippen molar-refractivity contribution in [1.29, 1.82) is 0 Å². The van der Waals surface area contributed by atoms with E-state index in [-0.39, 0.29) is 18.5 Å². The van der Waals surface area contributed by atoms with Crippen molar-refractivity contribution in [1.82, 2.24) is 5.32 Å².